The van der Waals surface area contributed by atoms with Crippen LogP contribution in [0.5, 0.6) is 5.75 Å². The number of hydrogen-bond donors (Lipinski definition) is 1. The molecule has 1 N–H and O–H groups in total. The normalized spacial score (nSPS) is 11.0. The smallest absolute Gasteiger partial charge is 0.255 e. The average Bonchev–Trinajstić information content (AvgIpc) is 2.54. The maximum atomic E-state index is 12.6. The number of amides is 1. The Hall–Kier alpha value is -2.55. The largest absolute Gasteiger partial charge is 0.352 e. The van der Waals surface area contributed by atoms with Crippen molar-refractivity contribution in [2.24, 2.45) is 0 Å². The minimum atomic E-state index is -0.284. The van der Waals surface area contributed by atoms with Crippen molar-refractivity contribution in [2.75, 3.05) is 6.54 Å². The quantitative estimate of drug-likeness (QED) is 0.551. The average molecular weight is 292 g/mol. The predicted octanol–water partition coefficient (Wildman–Crippen LogP) is 4.67. The third-order valence-corrected chi connectivity index (χ3v) is 3.90. The highest BCUT2D eigenvalue weighted by Gasteiger charge is 2.15. The molecular formula is C19H18NO2. The molecule has 0 aliphatic carbocycles. The highest BCUT2D eigenvalue weighted by Crippen LogP contribution is 2.32. The second kappa shape index (κ2) is 6.06. The van der Waals surface area contributed by atoms with E-state index >= 15 is 0 Å². The van der Waals surface area contributed by atoms with Gasteiger partial charge in [-0.3, -0.25) is 9.90 Å². The van der Waals surface area contributed by atoms with Crippen LogP contribution in [0.1, 0.15) is 30.1 Å². The summed E-state index contributed by atoms with van der Waals surface area (Å²) in [5.74, 6) is -0.481. The van der Waals surface area contributed by atoms with Crippen LogP contribution in [0.15, 0.2) is 48.5 Å². The molecule has 22 heavy (non-hydrogen) atoms. The van der Waals surface area contributed by atoms with Crippen LogP contribution in [0.4, 0.5) is 0 Å². The van der Waals surface area contributed by atoms with E-state index in [1.165, 1.54) is 0 Å². The van der Waals surface area contributed by atoms with Gasteiger partial charge in [0.1, 0.15) is 0 Å². The zero-order chi connectivity index (χ0) is 15.5. The third kappa shape index (κ3) is 2.62. The topological polar surface area (TPSA) is 49.0 Å². The van der Waals surface area contributed by atoms with Gasteiger partial charge in [-0.05, 0) is 40.8 Å². The van der Waals surface area contributed by atoms with E-state index in [1.54, 1.807) is 6.07 Å². The Morgan fingerprint density at radius 1 is 1.00 bits per heavy atom. The molecule has 0 saturated heterocycles. The molecule has 3 aromatic rings. The van der Waals surface area contributed by atoms with Gasteiger partial charge in [0, 0.05) is 11.9 Å². The predicted molar refractivity (Wildman–Crippen MR) is 88.8 cm³/mol. The Morgan fingerprint density at radius 2 is 1.73 bits per heavy atom. The Balaban J connectivity index is 2.04. The fourth-order valence-corrected chi connectivity index (χ4v) is 2.64. The fraction of sp³-hybridized carbons (Fsp3) is 0.211. The number of benzene rings is 3. The minimum absolute atomic E-state index is 0.197. The van der Waals surface area contributed by atoms with Gasteiger partial charge in [0.2, 0.25) is 0 Å². The summed E-state index contributed by atoms with van der Waals surface area (Å²) in [6, 6.07) is 15.2. The molecule has 0 fully saturated rings. The van der Waals surface area contributed by atoms with Gasteiger partial charge in [0.15, 0.2) is 5.75 Å². The van der Waals surface area contributed by atoms with E-state index in [-0.39, 0.29) is 17.2 Å². The summed E-state index contributed by atoms with van der Waals surface area (Å²) in [4.78, 5) is 12.1. The van der Waals surface area contributed by atoms with E-state index in [0.717, 1.165) is 29.0 Å². The van der Waals surface area contributed by atoms with Gasteiger partial charge in [-0.1, -0.05) is 43.7 Å². The maximum absolute atomic E-state index is 12.6. The van der Waals surface area contributed by atoms with Crippen molar-refractivity contribution in [2.45, 2.75) is 19.8 Å². The summed E-state index contributed by atoms with van der Waals surface area (Å²) in [7, 11) is 0. The molecule has 0 spiro atoms. The Labute approximate surface area is 129 Å². The summed E-state index contributed by atoms with van der Waals surface area (Å²) in [5, 5.41) is 19.0. The zero-order valence-corrected chi connectivity index (χ0v) is 12.6. The van der Waals surface area contributed by atoms with Crippen LogP contribution in [-0.2, 0) is 5.11 Å². The van der Waals surface area contributed by atoms with Crippen LogP contribution in [-0.4, -0.2) is 12.5 Å². The van der Waals surface area contributed by atoms with Crippen molar-refractivity contribution in [3.8, 4) is 5.75 Å². The van der Waals surface area contributed by atoms with Crippen LogP contribution in [0.2, 0.25) is 0 Å². The molecule has 0 saturated carbocycles. The molecule has 111 valence electrons. The molecule has 1 radical (unpaired) electrons. The monoisotopic (exact) mass is 292 g/mol. The first-order chi connectivity index (χ1) is 10.7. The molecular weight excluding hydrogens is 274 g/mol. The van der Waals surface area contributed by atoms with E-state index in [4.69, 9.17) is 0 Å². The number of rotatable bonds is 4. The van der Waals surface area contributed by atoms with E-state index in [2.05, 4.69) is 12.2 Å². The molecule has 0 unspecified atom stereocenters. The second-order valence-electron chi connectivity index (χ2n) is 5.47. The van der Waals surface area contributed by atoms with Gasteiger partial charge in [0.05, 0.1) is 5.56 Å². The number of carbonyl (C=O) groups is 1. The minimum Gasteiger partial charge on any atom is -0.352 e. The molecule has 3 nitrogen and oxygen atoms in total. The maximum Gasteiger partial charge on any atom is 0.255 e. The molecule has 3 rings (SSSR count). The van der Waals surface area contributed by atoms with Gasteiger partial charge in [0.25, 0.3) is 5.91 Å². The van der Waals surface area contributed by atoms with Crippen molar-refractivity contribution in [3.05, 3.63) is 54.1 Å². The molecule has 0 aliphatic rings. The number of carbonyl (C=O) groups excluding carboxylic acids is 1. The van der Waals surface area contributed by atoms with Crippen LogP contribution >= 0.6 is 0 Å². The SMILES string of the molecule is CCCCNC(=O)c1ccc2cc3ccccc3cc2c1[O]. The van der Waals surface area contributed by atoms with Gasteiger partial charge >= 0.3 is 0 Å². The highest BCUT2D eigenvalue weighted by molar-refractivity contribution is 6.07. The lowest BCUT2D eigenvalue weighted by Crippen LogP contribution is -2.24. The van der Waals surface area contributed by atoms with Crippen molar-refractivity contribution < 1.29 is 9.90 Å². The van der Waals surface area contributed by atoms with E-state index in [1.807, 2.05) is 42.5 Å². The summed E-state index contributed by atoms with van der Waals surface area (Å²) in [6.45, 7) is 2.66. The molecule has 3 aromatic carbocycles. The van der Waals surface area contributed by atoms with Crippen molar-refractivity contribution in [1.82, 2.24) is 5.32 Å². The standard InChI is InChI=1S/C19H18NO2/c1-2-3-10-20-19(22)16-9-8-15-11-13-6-4-5-7-14(13)12-17(15)18(16)21/h4-9,11-12H,2-3,10H2,1H3,(H,20,22). The molecule has 0 aliphatic heterocycles. The number of unbranched alkanes of at least 4 members (excludes halogenated alkanes) is 1. The first-order valence-corrected chi connectivity index (χ1v) is 7.61. The molecule has 0 bridgehead atoms. The first kappa shape index (κ1) is 14.4. The van der Waals surface area contributed by atoms with Gasteiger partial charge in [-0.25, -0.2) is 0 Å². The van der Waals surface area contributed by atoms with E-state index in [9.17, 15) is 9.90 Å². The Bertz CT molecular complexity index is 839. The van der Waals surface area contributed by atoms with Crippen molar-refractivity contribution >= 4 is 27.5 Å². The van der Waals surface area contributed by atoms with Crippen molar-refractivity contribution in [3.63, 3.8) is 0 Å². The molecule has 0 atom stereocenters. The Kier molecular flexibility index (Phi) is 3.96. The number of fused-ring (bicyclic) bond motifs is 2. The Morgan fingerprint density at radius 3 is 2.45 bits per heavy atom. The highest BCUT2D eigenvalue weighted by atomic mass is 16.3. The number of nitrogens with one attached hydrogen (secondary N) is 1. The van der Waals surface area contributed by atoms with Crippen LogP contribution < -0.4 is 5.32 Å². The third-order valence-electron chi connectivity index (χ3n) is 3.90. The summed E-state index contributed by atoms with van der Waals surface area (Å²) in [6.07, 6.45) is 1.92. The lowest BCUT2D eigenvalue weighted by molar-refractivity contribution is 0.0949. The van der Waals surface area contributed by atoms with E-state index in [0.29, 0.717) is 11.9 Å². The molecule has 0 aromatic heterocycles. The van der Waals surface area contributed by atoms with Crippen LogP contribution in [0, 0.1) is 0 Å². The van der Waals surface area contributed by atoms with Crippen molar-refractivity contribution in [1.29, 1.82) is 0 Å². The zero-order valence-electron chi connectivity index (χ0n) is 12.6. The fourth-order valence-electron chi connectivity index (χ4n) is 2.64. The van der Waals surface area contributed by atoms with Crippen LogP contribution in [0.25, 0.3) is 21.5 Å². The summed E-state index contributed by atoms with van der Waals surface area (Å²) >= 11 is 0. The molecule has 1 amide bonds. The summed E-state index contributed by atoms with van der Waals surface area (Å²) in [5.41, 5.74) is 0.221. The summed E-state index contributed by atoms with van der Waals surface area (Å²) < 4.78 is 0. The van der Waals surface area contributed by atoms with Gasteiger partial charge in [-0.15, -0.1) is 0 Å². The lowest BCUT2D eigenvalue weighted by Gasteiger charge is -2.08. The van der Waals surface area contributed by atoms with E-state index < -0.39 is 0 Å². The van der Waals surface area contributed by atoms with Gasteiger partial charge < -0.3 is 5.32 Å². The second-order valence-corrected chi connectivity index (χ2v) is 5.47. The lowest BCUT2D eigenvalue weighted by atomic mass is 10.00. The first-order valence-electron chi connectivity index (χ1n) is 7.61. The molecule has 0 heterocycles. The number of hydrogen-bond acceptors (Lipinski definition) is 1. The van der Waals surface area contributed by atoms with Gasteiger partial charge in [-0.2, -0.15) is 0 Å². The van der Waals surface area contributed by atoms with Crippen LogP contribution in [0.3, 0.4) is 0 Å². The molecule has 3 heteroatoms.